The van der Waals surface area contributed by atoms with Gasteiger partial charge in [0.1, 0.15) is 5.69 Å². The van der Waals surface area contributed by atoms with Crippen LogP contribution in [-0.2, 0) is 4.79 Å². The second-order valence-electron chi connectivity index (χ2n) is 6.15. The number of carbonyl (C=O) groups excluding carboxylic acids is 1. The normalized spacial score (nSPS) is 18.4. The summed E-state index contributed by atoms with van der Waals surface area (Å²) in [6, 6.07) is 5.18. The third-order valence-electron chi connectivity index (χ3n) is 4.02. The molecule has 0 aromatic heterocycles. The van der Waals surface area contributed by atoms with E-state index < -0.39 is 0 Å². The van der Waals surface area contributed by atoms with Crippen LogP contribution in [0, 0.1) is 23.0 Å². The number of aryl methyl sites for hydroxylation is 1. The van der Waals surface area contributed by atoms with Gasteiger partial charge in [0.05, 0.1) is 4.92 Å². The van der Waals surface area contributed by atoms with Crippen molar-refractivity contribution in [1.82, 2.24) is 5.32 Å². The van der Waals surface area contributed by atoms with Crippen LogP contribution in [0.5, 0.6) is 0 Å². The minimum Gasteiger partial charge on any atom is -0.364 e. The van der Waals surface area contributed by atoms with Gasteiger partial charge in [0, 0.05) is 31.1 Å². The molecule has 0 bridgehead atoms. The minimum absolute atomic E-state index is 0.0335. The van der Waals surface area contributed by atoms with Gasteiger partial charge in [-0.2, -0.15) is 0 Å². The largest absolute Gasteiger partial charge is 0.364 e. The van der Waals surface area contributed by atoms with Crippen LogP contribution in [0.1, 0.15) is 32.3 Å². The van der Waals surface area contributed by atoms with Crippen LogP contribution in [-0.4, -0.2) is 30.0 Å². The fourth-order valence-electron chi connectivity index (χ4n) is 2.87. The highest BCUT2D eigenvalue weighted by atomic mass is 16.6. The predicted octanol–water partition coefficient (Wildman–Crippen LogP) is 2.64. The number of amides is 1. The van der Waals surface area contributed by atoms with E-state index >= 15 is 0 Å². The molecule has 1 aromatic carbocycles. The molecule has 1 N–H and O–H groups in total. The first-order chi connectivity index (χ1) is 10.4. The summed E-state index contributed by atoms with van der Waals surface area (Å²) < 4.78 is 0. The van der Waals surface area contributed by atoms with Crippen LogP contribution < -0.4 is 10.2 Å². The molecule has 1 unspecified atom stereocenters. The van der Waals surface area contributed by atoms with Gasteiger partial charge in [0.25, 0.3) is 5.69 Å². The van der Waals surface area contributed by atoms with Gasteiger partial charge < -0.3 is 10.2 Å². The number of hydrogen-bond acceptors (Lipinski definition) is 4. The molecule has 1 aliphatic rings. The molecule has 0 radical (unpaired) electrons. The maximum Gasteiger partial charge on any atom is 0.292 e. The Hall–Kier alpha value is -2.11. The van der Waals surface area contributed by atoms with Crippen molar-refractivity contribution in [2.24, 2.45) is 5.92 Å². The summed E-state index contributed by atoms with van der Waals surface area (Å²) in [6.07, 6.45) is 1.82. The Kier molecular flexibility index (Phi) is 5.00. The number of nitrogens with zero attached hydrogens (tertiary/aromatic N) is 2. The number of piperidine rings is 1. The lowest BCUT2D eigenvalue weighted by Crippen LogP contribution is -2.49. The minimum atomic E-state index is -0.335. The standard InChI is InChI=1S/C16H23N3O3/c1-11(2)16(20)17-13-7-5-9-18(10-13)15-12(3)6-4-8-14(15)19(21)22/h4,6,8,11,13H,5,7,9-10H2,1-3H3,(H,17,20). The summed E-state index contributed by atoms with van der Waals surface area (Å²) in [7, 11) is 0. The van der Waals surface area contributed by atoms with Gasteiger partial charge >= 0.3 is 0 Å². The van der Waals surface area contributed by atoms with E-state index in [0.29, 0.717) is 12.2 Å². The third kappa shape index (κ3) is 3.55. The molecule has 6 nitrogen and oxygen atoms in total. The number of para-hydroxylation sites is 1. The Labute approximate surface area is 130 Å². The zero-order chi connectivity index (χ0) is 16.3. The lowest BCUT2D eigenvalue weighted by molar-refractivity contribution is -0.384. The zero-order valence-corrected chi connectivity index (χ0v) is 13.3. The van der Waals surface area contributed by atoms with E-state index in [-0.39, 0.29) is 28.5 Å². The second kappa shape index (κ2) is 6.77. The lowest BCUT2D eigenvalue weighted by Gasteiger charge is -2.35. The van der Waals surface area contributed by atoms with E-state index in [1.54, 1.807) is 12.1 Å². The molecule has 0 saturated carbocycles. The topological polar surface area (TPSA) is 75.5 Å². The number of hydrogen-bond donors (Lipinski definition) is 1. The van der Waals surface area contributed by atoms with E-state index in [0.717, 1.165) is 24.9 Å². The first-order valence-corrected chi connectivity index (χ1v) is 7.69. The van der Waals surface area contributed by atoms with Crippen molar-refractivity contribution >= 4 is 17.3 Å². The highest BCUT2D eigenvalue weighted by Crippen LogP contribution is 2.33. The van der Waals surface area contributed by atoms with Crippen LogP contribution >= 0.6 is 0 Å². The molecule has 1 aromatic rings. The first-order valence-electron chi connectivity index (χ1n) is 7.69. The Morgan fingerprint density at radius 2 is 2.18 bits per heavy atom. The van der Waals surface area contributed by atoms with Crippen LogP contribution in [0.15, 0.2) is 18.2 Å². The Morgan fingerprint density at radius 3 is 2.82 bits per heavy atom. The highest BCUT2D eigenvalue weighted by Gasteiger charge is 2.27. The van der Waals surface area contributed by atoms with Crippen molar-refractivity contribution in [2.75, 3.05) is 18.0 Å². The molecule has 1 amide bonds. The molecular weight excluding hydrogens is 282 g/mol. The smallest absolute Gasteiger partial charge is 0.292 e. The Morgan fingerprint density at radius 1 is 1.45 bits per heavy atom. The summed E-state index contributed by atoms with van der Waals surface area (Å²) in [4.78, 5) is 24.8. The monoisotopic (exact) mass is 305 g/mol. The predicted molar refractivity (Wildman–Crippen MR) is 86.0 cm³/mol. The van der Waals surface area contributed by atoms with E-state index in [2.05, 4.69) is 5.32 Å². The summed E-state index contributed by atoms with van der Waals surface area (Å²) in [5, 5.41) is 14.3. The molecular formula is C16H23N3O3. The summed E-state index contributed by atoms with van der Waals surface area (Å²) in [5.74, 6) is -0.0192. The molecule has 0 spiro atoms. The van der Waals surface area contributed by atoms with Crippen LogP contribution in [0.4, 0.5) is 11.4 Å². The van der Waals surface area contributed by atoms with Gasteiger partial charge in [-0.3, -0.25) is 14.9 Å². The van der Waals surface area contributed by atoms with Crippen LogP contribution in [0.25, 0.3) is 0 Å². The average Bonchev–Trinajstić information content (AvgIpc) is 2.47. The molecule has 0 aliphatic carbocycles. The van der Waals surface area contributed by atoms with Crippen molar-refractivity contribution in [3.8, 4) is 0 Å². The lowest BCUT2D eigenvalue weighted by atomic mass is 10.0. The summed E-state index contributed by atoms with van der Waals surface area (Å²) >= 11 is 0. The van der Waals surface area contributed by atoms with E-state index in [9.17, 15) is 14.9 Å². The van der Waals surface area contributed by atoms with Gasteiger partial charge in [0.15, 0.2) is 0 Å². The molecule has 1 aliphatic heterocycles. The molecule has 1 fully saturated rings. The number of nitro groups is 1. The van der Waals surface area contributed by atoms with Crippen LogP contribution in [0.2, 0.25) is 0 Å². The number of benzene rings is 1. The van der Waals surface area contributed by atoms with Gasteiger partial charge in [-0.1, -0.05) is 26.0 Å². The van der Waals surface area contributed by atoms with Gasteiger partial charge in [0.2, 0.25) is 5.91 Å². The van der Waals surface area contributed by atoms with Crippen molar-refractivity contribution in [3.63, 3.8) is 0 Å². The number of nitrogens with one attached hydrogen (secondary N) is 1. The SMILES string of the molecule is Cc1cccc([N+](=O)[O-])c1N1CCCC(NC(=O)C(C)C)C1. The summed E-state index contributed by atoms with van der Waals surface area (Å²) in [5.41, 5.74) is 1.71. The molecule has 120 valence electrons. The van der Waals surface area contributed by atoms with Crippen molar-refractivity contribution < 1.29 is 9.72 Å². The van der Waals surface area contributed by atoms with Crippen LogP contribution in [0.3, 0.4) is 0 Å². The van der Waals surface area contributed by atoms with Crippen molar-refractivity contribution in [1.29, 1.82) is 0 Å². The molecule has 1 atom stereocenters. The van der Waals surface area contributed by atoms with Gasteiger partial charge in [-0.15, -0.1) is 0 Å². The number of nitro benzene ring substituents is 1. The fourth-order valence-corrected chi connectivity index (χ4v) is 2.87. The third-order valence-corrected chi connectivity index (χ3v) is 4.02. The first kappa shape index (κ1) is 16.3. The van der Waals surface area contributed by atoms with E-state index in [4.69, 9.17) is 0 Å². The Balaban J connectivity index is 2.19. The maximum atomic E-state index is 11.9. The average molecular weight is 305 g/mol. The quantitative estimate of drug-likeness (QED) is 0.685. The van der Waals surface area contributed by atoms with E-state index in [1.807, 2.05) is 31.7 Å². The molecule has 2 rings (SSSR count). The number of rotatable bonds is 4. The highest BCUT2D eigenvalue weighted by molar-refractivity contribution is 5.78. The zero-order valence-electron chi connectivity index (χ0n) is 13.3. The number of carbonyl (C=O) groups is 1. The summed E-state index contributed by atoms with van der Waals surface area (Å²) in [6.45, 7) is 7.01. The van der Waals surface area contributed by atoms with Crippen molar-refractivity contribution in [3.05, 3.63) is 33.9 Å². The van der Waals surface area contributed by atoms with Gasteiger partial charge in [-0.25, -0.2) is 0 Å². The fraction of sp³-hybridized carbons (Fsp3) is 0.562. The maximum absolute atomic E-state index is 11.9. The Bertz CT molecular complexity index is 572. The second-order valence-corrected chi connectivity index (χ2v) is 6.15. The molecule has 22 heavy (non-hydrogen) atoms. The molecule has 1 saturated heterocycles. The van der Waals surface area contributed by atoms with Gasteiger partial charge in [-0.05, 0) is 25.3 Å². The van der Waals surface area contributed by atoms with E-state index in [1.165, 1.54) is 0 Å². The number of anilines is 1. The van der Waals surface area contributed by atoms with Crippen molar-refractivity contribution in [2.45, 2.75) is 39.7 Å². The molecule has 6 heteroatoms. The molecule has 1 heterocycles.